The number of anilines is 1. The van der Waals surface area contributed by atoms with Crippen LogP contribution in [0.1, 0.15) is 58.1 Å². The molecule has 0 amide bonds. The normalized spacial score (nSPS) is 18.4. The zero-order valence-corrected chi connectivity index (χ0v) is 12.7. The van der Waals surface area contributed by atoms with Crippen LogP contribution in [0, 0.1) is 5.41 Å². The zero-order chi connectivity index (χ0) is 13.9. The number of benzene rings is 1. The highest BCUT2D eigenvalue weighted by atomic mass is 15.1. The smallest absolute Gasteiger partial charge is 0.0414 e. The van der Waals surface area contributed by atoms with Gasteiger partial charge in [-0.2, -0.15) is 0 Å². The Morgan fingerprint density at radius 3 is 2.37 bits per heavy atom. The van der Waals surface area contributed by atoms with Crippen molar-refractivity contribution < 1.29 is 0 Å². The van der Waals surface area contributed by atoms with Gasteiger partial charge in [0.2, 0.25) is 0 Å². The maximum absolute atomic E-state index is 6.46. The van der Waals surface area contributed by atoms with Crippen molar-refractivity contribution in [1.29, 1.82) is 0 Å². The fourth-order valence-electron chi connectivity index (χ4n) is 2.99. The summed E-state index contributed by atoms with van der Waals surface area (Å²) >= 11 is 0. The van der Waals surface area contributed by atoms with Crippen LogP contribution in [0.5, 0.6) is 0 Å². The monoisotopic (exact) mass is 260 g/mol. The number of rotatable bonds is 3. The summed E-state index contributed by atoms with van der Waals surface area (Å²) in [4.78, 5) is 2.52. The van der Waals surface area contributed by atoms with Crippen molar-refractivity contribution in [2.24, 2.45) is 11.1 Å². The van der Waals surface area contributed by atoms with Crippen LogP contribution in [0.2, 0.25) is 0 Å². The maximum Gasteiger partial charge on any atom is 0.0414 e. The average Bonchev–Trinajstić information content (AvgIpc) is 2.38. The number of para-hydroxylation sites is 1. The molecular formula is C17H28N2. The number of hydrogen-bond acceptors (Lipinski definition) is 2. The van der Waals surface area contributed by atoms with Gasteiger partial charge in [0, 0.05) is 24.8 Å². The Kier molecular flexibility index (Phi) is 4.51. The summed E-state index contributed by atoms with van der Waals surface area (Å²) in [5.41, 5.74) is 9.41. The molecule has 1 fully saturated rings. The standard InChI is InChI=1S/C17H28N2/c1-17(2,3)13-15(18)14-9-5-6-10-16(14)19-11-7-4-8-12-19/h5-6,9-10,15H,4,7-8,11-13,18H2,1-3H3. The highest BCUT2D eigenvalue weighted by molar-refractivity contribution is 5.55. The molecule has 0 saturated carbocycles. The van der Waals surface area contributed by atoms with Crippen molar-refractivity contribution in [2.45, 2.75) is 52.5 Å². The Bertz CT molecular complexity index is 400. The van der Waals surface area contributed by atoms with Gasteiger partial charge >= 0.3 is 0 Å². The lowest BCUT2D eigenvalue weighted by Gasteiger charge is -2.33. The Hall–Kier alpha value is -1.02. The first-order chi connectivity index (χ1) is 8.97. The second-order valence-electron chi connectivity index (χ2n) is 6.98. The van der Waals surface area contributed by atoms with Gasteiger partial charge in [-0.05, 0) is 42.7 Å². The first-order valence-electron chi connectivity index (χ1n) is 7.57. The molecule has 1 aliphatic heterocycles. The first-order valence-corrected chi connectivity index (χ1v) is 7.57. The van der Waals surface area contributed by atoms with Crippen LogP contribution >= 0.6 is 0 Å². The van der Waals surface area contributed by atoms with Crippen LogP contribution in [0.3, 0.4) is 0 Å². The number of nitrogens with zero attached hydrogens (tertiary/aromatic N) is 1. The van der Waals surface area contributed by atoms with Crippen LogP contribution < -0.4 is 10.6 Å². The van der Waals surface area contributed by atoms with Gasteiger partial charge in [-0.3, -0.25) is 0 Å². The van der Waals surface area contributed by atoms with E-state index in [0.717, 1.165) is 6.42 Å². The van der Waals surface area contributed by atoms with Crippen LogP contribution in [0.4, 0.5) is 5.69 Å². The van der Waals surface area contributed by atoms with Crippen molar-refractivity contribution in [1.82, 2.24) is 0 Å². The SMILES string of the molecule is CC(C)(C)CC(N)c1ccccc1N1CCCCC1. The van der Waals surface area contributed by atoms with E-state index in [-0.39, 0.29) is 11.5 Å². The molecule has 1 unspecified atom stereocenters. The van der Waals surface area contributed by atoms with Crippen molar-refractivity contribution in [3.63, 3.8) is 0 Å². The lowest BCUT2D eigenvalue weighted by molar-refractivity contribution is 0.342. The minimum atomic E-state index is 0.137. The van der Waals surface area contributed by atoms with Crippen molar-refractivity contribution in [2.75, 3.05) is 18.0 Å². The molecule has 1 heterocycles. The van der Waals surface area contributed by atoms with Gasteiger partial charge in [0.1, 0.15) is 0 Å². The van der Waals surface area contributed by atoms with Crippen molar-refractivity contribution >= 4 is 5.69 Å². The van der Waals surface area contributed by atoms with Gasteiger partial charge in [-0.25, -0.2) is 0 Å². The fraction of sp³-hybridized carbons (Fsp3) is 0.647. The third-order valence-corrected chi connectivity index (χ3v) is 3.87. The lowest BCUT2D eigenvalue weighted by Crippen LogP contribution is -2.31. The molecule has 0 bridgehead atoms. The van der Waals surface area contributed by atoms with Gasteiger partial charge in [0.15, 0.2) is 0 Å². The van der Waals surface area contributed by atoms with E-state index in [0.29, 0.717) is 0 Å². The van der Waals surface area contributed by atoms with Gasteiger partial charge < -0.3 is 10.6 Å². The maximum atomic E-state index is 6.46. The summed E-state index contributed by atoms with van der Waals surface area (Å²) in [6, 6.07) is 8.84. The van der Waals surface area contributed by atoms with E-state index < -0.39 is 0 Å². The third-order valence-electron chi connectivity index (χ3n) is 3.87. The minimum absolute atomic E-state index is 0.137. The highest BCUT2D eigenvalue weighted by Gasteiger charge is 2.21. The summed E-state index contributed by atoms with van der Waals surface area (Å²) in [6.07, 6.45) is 5.01. The van der Waals surface area contributed by atoms with Crippen molar-refractivity contribution in [3.05, 3.63) is 29.8 Å². The topological polar surface area (TPSA) is 29.3 Å². The Labute approximate surface area is 118 Å². The quantitative estimate of drug-likeness (QED) is 0.886. The predicted molar refractivity (Wildman–Crippen MR) is 83.5 cm³/mol. The molecule has 0 spiro atoms. The molecule has 1 aromatic carbocycles. The van der Waals surface area contributed by atoms with E-state index in [2.05, 4.69) is 49.9 Å². The lowest BCUT2D eigenvalue weighted by atomic mass is 9.85. The summed E-state index contributed by atoms with van der Waals surface area (Å²) in [5, 5.41) is 0. The van der Waals surface area contributed by atoms with Gasteiger partial charge in [-0.15, -0.1) is 0 Å². The van der Waals surface area contributed by atoms with Crippen LogP contribution in [0.15, 0.2) is 24.3 Å². The Morgan fingerprint density at radius 1 is 1.11 bits per heavy atom. The molecule has 1 aliphatic rings. The second kappa shape index (κ2) is 5.96. The highest BCUT2D eigenvalue weighted by Crippen LogP contribution is 2.33. The number of nitrogens with two attached hydrogens (primary N) is 1. The summed E-state index contributed by atoms with van der Waals surface area (Å²) < 4.78 is 0. The molecule has 1 saturated heterocycles. The average molecular weight is 260 g/mol. The van der Waals surface area contributed by atoms with Gasteiger partial charge in [0.25, 0.3) is 0 Å². The van der Waals surface area contributed by atoms with Crippen LogP contribution in [-0.2, 0) is 0 Å². The number of piperidine rings is 1. The van der Waals surface area contributed by atoms with E-state index in [1.807, 2.05) is 0 Å². The fourth-order valence-corrected chi connectivity index (χ4v) is 2.99. The largest absolute Gasteiger partial charge is 0.371 e. The van der Waals surface area contributed by atoms with E-state index in [1.165, 1.54) is 43.6 Å². The van der Waals surface area contributed by atoms with Crippen LogP contribution in [0.25, 0.3) is 0 Å². The molecule has 1 atom stereocenters. The van der Waals surface area contributed by atoms with Crippen molar-refractivity contribution in [3.8, 4) is 0 Å². The van der Waals surface area contributed by atoms with Gasteiger partial charge in [-0.1, -0.05) is 39.0 Å². The Balaban J connectivity index is 2.20. The third kappa shape index (κ3) is 3.97. The molecule has 106 valence electrons. The number of hydrogen-bond donors (Lipinski definition) is 1. The Morgan fingerprint density at radius 2 is 1.74 bits per heavy atom. The first kappa shape index (κ1) is 14.4. The molecular weight excluding hydrogens is 232 g/mol. The molecule has 1 aromatic rings. The van der Waals surface area contributed by atoms with E-state index in [1.54, 1.807) is 0 Å². The molecule has 2 rings (SSSR count). The molecule has 2 nitrogen and oxygen atoms in total. The molecule has 0 aromatic heterocycles. The van der Waals surface area contributed by atoms with Gasteiger partial charge in [0.05, 0.1) is 0 Å². The predicted octanol–water partition coefficient (Wildman–Crippen LogP) is 4.11. The van der Waals surface area contributed by atoms with Crippen LogP contribution in [-0.4, -0.2) is 13.1 Å². The summed E-state index contributed by atoms with van der Waals surface area (Å²) in [7, 11) is 0. The molecule has 0 radical (unpaired) electrons. The van der Waals surface area contributed by atoms with E-state index in [9.17, 15) is 0 Å². The zero-order valence-electron chi connectivity index (χ0n) is 12.7. The molecule has 2 heteroatoms. The molecule has 0 aliphatic carbocycles. The van der Waals surface area contributed by atoms with E-state index >= 15 is 0 Å². The second-order valence-corrected chi connectivity index (χ2v) is 6.98. The van der Waals surface area contributed by atoms with E-state index in [4.69, 9.17) is 5.73 Å². The molecule has 2 N–H and O–H groups in total. The summed E-state index contributed by atoms with van der Waals surface area (Å²) in [5.74, 6) is 0. The molecule has 19 heavy (non-hydrogen) atoms. The minimum Gasteiger partial charge on any atom is -0.371 e. The summed E-state index contributed by atoms with van der Waals surface area (Å²) in [6.45, 7) is 9.14.